The maximum Gasteiger partial charge on any atom is 0.324 e. The summed E-state index contributed by atoms with van der Waals surface area (Å²) in [5.74, 6) is -0.145. The van der Waals surface area contributed by atoms with Crippen molar-refractivity contribution in [3.05, 3.63) is 30.1 Å². The van der Waals surface area contributed by atoms with Crippen molar-refractivity contribution >= 4 is 5.97 Å². The Labute approximate surface area is 82.5 Å². The summed E-state index contributed by atoms with van der Waals surface area (Å²) in [6.07, 6.45) is 3.55. The number of methoxy groups -OCH3 is 1. The summed E-state index contributed by atoms with van der Waals surface area (Å²) in [6, 6.07) is 3.85. The third kappa shape index (κ3) is 1.90. The van der Waals surface area contributed by atoms with Crippen LogP contribution >= 0.6 is 0 Å². The van der Waals surface area contributed by atoms with Crippen molar-refractivity contribution in [3.63, 3.8) is 0 Å². The van der Waals surface area contributed by atoms with Gasteiger partial charge in [0.15, 0.2) is 0 Å². The summed E-state index contributed by atoms with van der Waals surface area (Å²) in [5, 5.41) is 0. The van der Waals surface area contributed by atoms with E-state index in [-0.39, 0.29) is 12.0 Å². The molecule has 1 aromatic rings. The topological polar surface area (TPSA) is 42.2 Å². The lowest BCUT2D eigenvalue weighted by Crippen LogP contribution is -2.14. The van der Waals surface area contributed by atoms with Crippen LogP contribution in [0, 0.1) is 0 Å². The Hall–Kier alpha value is -1.42. The zero-order chi connectivity index (χ0) is 9.97. The second-order valence-electron chi connectivity index (χ2n) is 3.33. The van der Waals surface area contributed by atoms with E-state index in [9.17, 15) is 4.79 Å². The number of rotatable bonds is 3. The summed E-state index contributed by atoms with van der Waals surface area (Å²) < 4.78 is 4.65. The van der Waals surface area contributed by atoms with Gasteiger partial charge in [0.25, 0.3) is 0 Å². The minimum atomic E-state index is -0.145. The van der Waals surface area contributed by atoms with E-state index >= 15 is 0 Å². The van der Waals surface area contributed by atoms with Crippen molar-refractivity contribution in [1.29, 1.82) is 0 Å². The molecule has 4 heteroatoms. The summed E-state index contributed by atoms with van der Waals surface area (Å²) in [6.45, 7) is 1.56. The van der Waals surface area contributed by atoms with Crippen LogP contribution in [-0.4, -0.2) is 35.5 Å². The molecule has 1 saturated heterocycles. The van der Waals surface area contributed by atoms with Crippen LogP contribution in [0.25, 0.3) is 0 Å². The molecule has 1 aliphatic heterocycles. The van der Waals surface area contributed by atoms with Crippen LogP contribution in [0.15, 0.2) is 24.5 Å². The maximum atomic E-state index is 11.1. The minimum absolute atomic E-state index is 0.0415. The molecule has 14 heavy (non-hydrogen) atoms. The maximum absolute atomic E-state index is 11.1. The third-order valence-electron chi connectivity index (χ3n) is 2.30. The molecule has 0 saturated carbocycles. The number of carbonyl (C=O) groups excluding carboxylic acids is 1. The molecule has 2 unspecified atom stereocenters. The predicted molar refractivity (Wildman–Crippen MR) is 50.5 cm³/mol. The van der Waals surface area contributed by atoms with E-state index in [2.05, 4.69) is 9.72 Å². The van der Waals surface area contributed by atoms with Crippen LogP contribution in [0.1, 0.15) is 5.56 Å². The molecule has 4 nitrogen and oxygen atoms in total. The van der Waals surface area contributed by atoms with Gasteiger partial charge in [-0.2, -0.15) is 0 Å². The van der Waals surface area contributed by atoms with E-state index in [4.69, 9.17) is 0 Å². The van der Waals surface area contributed by atoms with E-state index in [1.807, 2.05) is 23.2 Å². The van der Waals surface area contributed by atoms with E-state index in [1.54, 1.807) is 6.20 Å². The Kier molecular flexibility index (Phi) is 2.45. The first kappa shape index (κ1) is 9.15. The van der Waals surface area contributed by atoms with Crippen molar-refractivity contribution in [1.82, 2.24) is 9.88 Å². The molecule has 2 heterocycles. The van der Waals surface area contributed by atoms with Gasteiger partial charge in [-0.25, -0.2) is 0 Å². The molecule has 0 amide bonds. The number of hydrogen-bond donors (Lipinski definition) is 0. The van der Waals surface area contributed by atoms with Gasteiger partial charge >= 0.3 is 5.97 Å². The van der Waals surface area contributed by atoms with Gasteiger partial charge in [-0.1, -0.05) is 6.07 Å². The molecule has 0 N–H and O–H groups in total. The molecule has 0 spiro atoms. The smallest absolute Gasteiger partial charge is 0.324 e. The fraction of sp³-hybridized carbons (Fsp3) is 0.400. The highest BCUT2D eigenvalue weighted by atomic mass is 16.5. The van der Waals surface area contributed by atoms with Gasteiger partial charge in [-0.15, -0.1) is 0 Å². The van der Waals surface area contributed by atoms with Crippen molar-refractivity contribution in [3.8, 4) is 0 Å². The zero-order valence-corrected chi connectivity index (χ0v) is 8.01. The minimum Gasteiger partial charge on any atom is -0.468 e. The number of carbonyl (C=O) groups is 1. The number of ether oxygens (including phenoxy) is 1. The van der Waals surface area contributed by atoms with E-state index < -0.39 is 0 Å². The van der Waals surface area contributed by atoms with Crippen molar-refractivity contribution in [2.75, 3.05) is 13.7 Å². The number of esters is 1. The molecule has 0 radical (unpaired) electrons. The highest BCUT2D eigenvalue weighted by molar-refractivity contribution is 5.78. The Morgan fingerprint density at radius 2 is 2.64 bits per heavy atom. The molecule has 1 aromatic heterocycles. The van der Waals surface area contributed by atoms with Crippen LogP contribution in [0.5, 0.6) is 0 Å². The molecule has 0 aliphatic carbocycles. The molecule has 74 valence electrons. The van der Waals surface area contributed by atoms with Gasteiger partial charge in [0.05, 0.1) is 7.11 Å². The largest absolute Gasteiger partial charge is 0.468 e. The average molecular weight is 192 g/mol. The van der Waals surface area contributed by atoms with Gasteiger partial charge in [-0.05, 0) is 11.6 Å². The van der Waals surface area contributed by atoms with E-state index in [1.165, 1.54) is 7.11 Å². The lowest BCUT2D eigenvalue weighted by molar-refractivity contribution is -0.140. The van der Waals surface area contributed by atoms with E-state index in [0.29, 0.717) is 0 Å². The fourth-order valence-corrected chi connectivity index (χ4v) is 1.44. The summed E-state index contributed by atoms with van der Waals surface area (Å²) in [4.78, 5) is 17.2. The highest BCUT2D eigenvalue weighted by Crippen LogP contribution is 2.21. The SMILES string of the molecule is COC(=O)C1CN1Cc1cccnc1. The Bertz CT molecular complexity index is 326. The first-order chi connectivity index (χ1) is 6.81. The van der Waals surface area contributed by atoms with Gasteiger partial charge in [0.1, 0.15) is 6.04 Å². The third-order valence-corrected chi connectivity index (χ3v) is 2.30. The van der Waals surface area contributed by atoms with Crippen LogP contribution in [-0.2, 0) is 16.1 Å². The molecule has 0 aromatic carbocycles. The van der Waals surface area contributed by atoms with Crippen LogP contribution in [0.4, 0.5) is 0 Å². The van der Waals surface area contributed by atoms with Gasteiger partial charge in [0, 0.05) is 25.5 Å². The monoisotopic (exact) mass is 192 g/mol. The standard InChI is InChI=1S/C10H12N2O2/c1-14-10(13)9-7-12(9)6-8-3-2-4-11-5-8/h2-5,9H,6-7H2,1H3. The predicted octanol–water partition coefficient (Wildman–Crippen LogP) is 0.439. The number of aromatic nitrogens is 1. The molecule has 1 fully saturated rings. The second kappa shape index (κ2) is 3.75. The van der Waals surface area contributed by atoms with E-state index in [0.717, 1.165) is 18.7 Å². The van der Waals surface area contributed by atoms with Crippen molar-refractivity contribution in [2.45, 2.75) is 12.6 Å². The van der Waals surface area contributed by atoms with Crippen LogP contribution < -0.4 is 0 Å². The van der Waals surface area contributed by atoms with Gasteiger partial charge in [0.2, 0.25) is 0 Å². The molecular formula is C10H12N2O2. The summed E-state index contributed by atoms with van der Waals surface area (Å²) >= 11 is 0. The Morgan fingerprint density at radius 1 is 1.79 bits per heavy atom. The normalized spacial score (nSPS) is 24.4. The molecule has 2 rings (SSSR count). The Balaban J connectivity index is 1.88. The van der Waals surface area contributed by atoms with Crippen molar-refractivity contribution < 1.29 is 9.53 Å². The summed E-state index contributed by atoms with van der Waals surface area (Å²) in [7, 11) is 1.42. The Morgan fingerprint density at radius 3 is 3.29 bits per heavy atom. The molecule has 2 atom stereocenters. The zero-order valence-electron chi connectivity index (χ0n) is 8.01. The lowest BCUT2D eigenvalue weighted by Gasteiger charge is -2.01. The highest BCUT2D eigenvalue weighted by Gasteiger charge is 2.40. The quantitative estimate of drug-likeness (QED) is 0.514. The molecular weight excluding hydrogens is 180 g/mol. The second-order valence-corrected chi connectivity index (χ2v) is 3.33. The number of nitrogens with zero attached hydrogens (tertiary/aromatic N) is 2. The van der Waals surface area contributed by atoms with Crippen LogP contribution in [0.3, 0.4) is 0 Å². The molecule has 0 bridgehead atoms. The average Bonchev–Trinajstić information content (AvgIpc) is 2.98. The summed E-state index contributed by atoms with van der Waals surface area (Å²) in [5.41, 5.74) is 1.12. The molecule has 1 aliphatic rings. The van der Waals surface area contributed by atoms with Crippen LogP contribution in [0.2, 0.25) is 0 Å². The number of hydrogen-bond acceptors (Lipinski definition) is 4. The number of pyridine rings is 1. The first-order valence-electron chi connectivity index (χ1n) is 4.52. The van der Waals surface area contributed by atoms with Crippen molar-refractivity contribution in [2.24, 2.45) is 0 Å². The van der Waals surface area contributed by atoms with Gasteiger partial charge < -0.3 is 4.74 Å². The first-order valence-corrected chi connectivity index (χ1v) is 4.52. The lowest BCUT2D eigenvalue weighted by atomic mass is 10.3. The fourth-order valence-electron chi connectivity index (χ4n) is 1.44. The van der Waals surface area contributed by atoms with Gasteiger partial charge in [-0.3, -0.25) is 14.7 Å².